The van der Waals surface area contributed by atoms with E-state index in [1.807, 2.05) is 0 Å². The fourth-order valence-electron chi connectivity index (χ4n) is 1.37. The maximum Gasteiger partial charge on any atom is 0.261 e. The first-order valence-electron chi connectivity index (χ1n) is 4.82. The molecule has 0 saturated carbocycles. The molecule has 2 aromatic rings. The Morgan fingerprint density at radius 2 is 2.12 bits per heavy atom. The van der Waals surface area contributed by atoms with Gasteiger partial charge in [-0.2, -0.15) is 0 Å². The number of nitrogens with one attached hydrogen (secondary N) is 1. The predicted molar refractivity (Wildman–Crippen MR) is 63.3 cm³/mol. The highest BCUT2D eigenvalue weighted by Gasteiger charge is 2.10. The van der Waals surface area contributed by atoms with Gasteiger partial charge in [0.2, 0.25) is 5.91 Å². The van der Waals surface area contributed by atoms with Crippen LogP contribution in [0.15, 0.2) is 24.3 Å². The van der Waals surface area contributed by atoms with Crippen LogP contribution in [0.3, 0.4) is 0 Å². The number of hydrogen-bond acceptors (Lipinski definition) is 3. The van der Waals surface area contributed by atoms with Crippen molar-refractivity contribution in [3.05, 3.63) is 35.0 Å². The van der Waals surface area contributed by atoms with Crippen molar-refractivity contribution in [3.8, 4) is 0 Å². The molecule has 1 aromatic carbocycles. The normalized spacial score (nSPS) is 10.4. The number of thiophene rings is 1. The van der Waals surface area contributed by atoms with Crippen LogP contribution in [0.4, 0.5) is 4.39 Å². The van der Waals surface area contributed by atoms with Crippen molar-refractivity contribution in [3.63, 3.8) is 0 Å². The minimum atomic E-state index is -0.606. The van der Waals surface area contributed by atoms with Gasteiger partial charge in [-0.25, -0.2) is 4.39 Å². The van der Waals surface area contributed by atoms with Crippen molar-refractivity contribution in [2.24, 2.45) is 5.73 Å². The third-order valence-corrected chi connectivity index (χ3v) is 3.23. The molecule has 0 aliphatic carbocycles. The third kappa shape index (κ3) is 2.59. The second-order valence-corrected chi connectivity index (χ2v) is 4.53. The molecule has 0 atom stereocenters. The number of fused-ring (bicyclic) bond motifs is 1. The van der Waals surface area contributed by atoms with Crippen molar-refractivity contribution >= 4 is 33.2 Å². The van der Waals surface area contributed by atoms with Gasteiger partial charge in [0.1, 0.15) is 5.82 Å². The van der Waals surface area contributed by atoms with Crippen LogP contribution in [0.25, 0.3) is 10.1 Å². The lowest BCUT2D eigenvalue weighted by Gasteiger charge is -1.98. The summed E-state index contributed by atoms with van der Waals surface area (Å²) in [5, 5.41) is 3.17. The Kier molecular flexibility index (Phi) is 3.06. The molecular weight excluding hydrogens is 243 g/mol. The lowest BCUT2D eigenvalue weighted by atomic mass is 10.2. The molecule has 0 bridgehead atoms. The van der Waals surface area contributed by atoms with Crippen molar-refractivity contribution in [2.75, 3.05) is 6.54 Å². The standard InChI is InChI=1S/C11H9FN2O2S/c12-7-2-1-6-3-9(17-8(6)4-7)11(16)14-5-10(13)15/h1-4H,5H2,(H2,13,15)(H,14,16). The van der Waals surface area contributed by atoms with E-state index in [1.165, 1.54) is 23.5 Å². The van der Waals surface area contributed by atoms with E-state index in [9.17, 15) is 14.0 Å². The third-order valence-electron chi connectivity index (χ3n) is 2.13. The molecule has 1 aromatic heterocycles. The number of carbonyl (C=O) groups is 2. The van der Waals surface area contributed by atoms with Crippen molar-refractivity contribution < 1.29 is 14.0 Å². The first-order valence-corrected chi connectivity index (χ1v) is 5.63. The summed E-state index contributed by atoms with van der Waals surface area (Å²) in [6.07, 6.45) is 0. The molecule has 17 heavy (non-hydrogen) atoms. The molecule has 1 heterocycles. The van der Waals surface area contributed by atoms with Gasteiger partial charge in [-0.05, 0) is 23.6 Å². The van der Waals surface area contributed by atoms with Crippen LogP contribution in [0.1, 0.15) is 9.67 Å². The Labute approximate surface area is 100 Å². The van der Waals surface area contributed by atoms with Gasteiger partial charge in [-0.1, -0.05) is 6.07 Å². The van der Waals surface area contributed by atoms with E-state index in [2.05, 4.69) is 5.32 Å². The fourth-order valence-corrected chi connectivity index (χ4v) is 2.38. The lowest BCUT2D eigenvalue weighted by Crippen LogP contribution is -2.32. The maximum absolute atomic E-state index is 12.9. The quantitative estimate of drug-likeness (QED) is 0.863. The zero-order chi connectivity index (χ0) is 12.4. The van der Waals surface area contributed by atoms with Crippen molar-refractivity contribution in [2.45, 2.75) is 0 Å². The summed E-state index contributed by atoms with van der Waals surface area (Å²) >= 11 is 1.17. The van der Waals surface area contributed by atoms with Crippen LogP contribution < -0.4 is 11.1 Å². The lowest BCUT2D eigenvalue weighted by molar-refractivity contribution is -0.117. The molecule has 88 valence electrons. The van der Waals surface area contributed by atoms with Gasteiger partial charge in [-0.15, -0.1) is 11.3 Å². The monoisotopic (exact) mass is 252 g/mol. The molecule has 0 unspecified atom stereocenters. The summed E-state index contributed by atoms with van der Waals surface area (Å²) < 4.78 is 13.6. The van der Waals surface area contributed by atoms with Gasteiger partial charge >= 0.3 is 0 Å². The minimum Gasteiger partial charge on any atom is -0.368 e. The second-order valence-electron chi connectivity index (χ2n) is 3.44. The molecule has 2 amide bonds. The van der Waals surface area contributed by atoms with Gasteiger partial charge in [0.15, 0.2) is 0 Å². The average Bonchev–Trinajstić information content (AvgIpc) is 2.68. The highest BCUT2D eigenvalue weighted by molar-refractivity contribution is 7.20. The van der Waals surface area contributed by atoms with Crippen LogP contribution >= 0.6 is 11.3 Å². The van der Waals surface area contributed by atoms with Gasteiger partial charge in [0.05, 0.1) is 11.4 Å². The highest BCUT2D eigenvalue weighted by atomic mass is 32.1. The number of rotatable bonds is 3. The number of carbonyl (C=O) groups excluding carboxylic acids is 2. The molecule has 0 aliphatic heterocycles. The Bertz CT molecular complexity index is 594. The fraction of sp³-hybridized carbons (Fsp3) is 0.0909. The summed E-state index contributed by atoms with van der Waals surface area (Å²) in [5.41, 5.74) is 4.91. The number of benzene rings is 1. The van der Waals surface area contributed by atoms with E-state index < -0.39 is 5.91 Å². The Hall–Kier alpha value is -1.95. The number of hydrogen-bond donors (Lipinski definition) is 2. The Morgan fingerprint density at radius 1 is 1.35 bits per heavy atom. The van der Waals surface area contributed by atoms with Crippen LogP contribution in [-0.2, 0) is 4.79 Å². The molecule has 2 rings (SSSR count). The van der Waals surface area contributed by atoms with Gasteiger partial charge in [0.25, 0.3) is 5.91 Å². The van der Waals surface area contributed by atoms with Crippen LogP contribution in [0.5, 0.6) is 0 Å². The highest BCUT2D eigenvalue weighted by Crippen LogP contribution is 2.26. The Balaban J connectivity index is 2.24. The van der Waals surface area contributed by atoms with Crippen molar-refractivity contribution in [1.82, 2.24) is 5.32 Å². The van der Waals surface area contributed by atoms with E-state index in [-0.39, 0.29) is 18.3 Å². The van der Waals surface area contributed by atoms with Gasteiger partial charge < -0.3 is 11.1 Å². The van der Waals surface area contributed by atoms with E-state index in [4.69, 9.17) is 5.73 Å². The summed E-state index contributed by atoms with van der Waals surface area (Å²) in [7, 11) is 0. The van der Waals surface area contributed by atoms with Gasteiger partial charge in [-0.3, -0.25) is 9.59 Å². The van der Waals surface area contributed by atoms with E-state index in [0.29, 0.717) is 9.58 Å². The molecule has 0 saturated heterocycles. The second kappa shape index (κ2) is 4.50. The van der Waals surface area contributed by atoms with Crippen LogP contribution in [0.2, 0.25) is 0 Å². The SMILES string of the molecule is NC(=O)CNC(=O)c1cc2ccc(F)cc2s1. The molecule has 0 spiro atoms. The maximum atomic E-state index is 12.9. The van der Waals surface area contributed by atoms with Gasteiger partial charge in [0, 0.05) is 4.70 Å². The van der Waals surface area contributed by atoms with Crippen LogP contribution in [0, 0.1) is 5.82 Å². The number of amides is 2. The van der Waals surface area contributed by atoms with Crippen molar-refractivity contribution in [1.29, 1.82) is 0 Å². The zero-order valence-corrected chi connectivity index (χ0v) is 9.51. The summed E-state index contributed by atoms with van der Waals surface area (Å²) in [5.74, 6) is -1.33. The summed E-state index contributed by atoms with van der Waals surface area (Å²) in [6, 6.07) is 5.95. The first kappa shape index (κ1) is 11.5. The minimum absolute atomic E-state index is 0.207. The summed E-state index contributed by atoms with van der Waals surface area (Å²) in [6.45, 7) is -0.207. The smallest absolute Gasteiger partial charge is 0.261 e. The first-order chi connectivity index (χ1) is 8.06. The predicted octanol–water partition coefficient (Wildman–Crippen LogP) is 1.26. The molecule has 0 aliphatic rings. The molecule has 0 fully saturated rings. The molecule has 4 nitrogen and oxygen atoms in total. The van der Waals surface area contributed by atoms with E-state index >= 15 is 0 Å². The zero-order valence-electron chi connectivity index (χ0n) is 8.70. The average molecular weight is 252 g/mol. The number of nitrogens with two attached hydrogens (primary N) is 1. The summed E-state index contributed by atoms with van der Waals surface area (Å²) in [4.78, 5) is 22.5. The topological polar surface area (TPSA) is 72.2 Å². The molecule has 3 N–H and O–H groups in total. The van der Waals surface area contributed by atoms with E-state index in [1.54, 1.807) is 12.1 Å². The number of primary amides is 1. The van der Waals surface area contributed by atoms with E-state index in [0.717, 1.165) is 5.39 Å². The molecular formula is C11H9FN2O2S. The largest absolute Gasteiger partial charge is 0.368 e. The molecule has 0 radical (unpaired) electrons. The molecule has 6 heteroatoms. The number of halogens is 1. The van der Waals surface area contributed by atoms with Crippen LogP contribution in [-0.4, -0.2) is 18.4 Å². The Morgan fingerprint density at radius 3 is 2.82 bits per heavy atom.